The molecule has 0 saturated heterocycles. The molecule has 7 nitrogen and oxygen atoms in total. The summed E-state index contributed by atoms with van der Waals surface area (Å²) in [7, 11) is 0. The molecule has 3 aromatic rings. The van der Waals surface area contributed by atoms with Crippen LogP contribution in [-0.2, 0) is 30.8 Å². The Hall–Kier alpha value is -3.39. The van der Waals surface area contributed by atoms with E-state index in [4.69, 9.17) is 0 Å². The number of aliphatic hydroxyl groups excluding tert-OH is 2. The van der Waals surface area contributed by atoms with Crippen molar-refractivity contribution in [2.24, 2.45) is 0 Å². The first kappa shape index (κ1) is 25.2. The van der Waals surface area contributed by atoms with Crippen LogP contribution in [0.5, 0.6) is 11.5 Å². The molecule has 7 heteroatoms. The van der Waals surface area contributed by atoms with Crippen LogP contribution in [0.4, 0.5) is 0 Å². The summed E-state index contributed by atoms with van der Waals surface area (Å²) < 4.78 is 0. The van der Waals surface area contributed by atoms with Crippen LogP contribution in [0.25, 0.3) is 0 Å². The second kappa shape index (κ2) is 12.2. The number of hydrogen-bond donors (Lipinski definition) is 6. The van der Waals surface area contributed by atoms with Gasteiger partial charge in [-0.25, -0.2) is 0 Å². The largest absolute Gasteiger partial charge is 0.508 e. The normalized spacial score (nSPS) is 12.8. The van der Waals surface area contributed by atoms with E-state index >= 15 is 0 Å². The first-order chi connectivity index (χ1) is 16.4. The van der Waals surface area contributed by atoms with Crippen molar-refractivity contribution in [3.05, 3.63) is 94.5 Å². The van der Waals surface area contributed by atoms with E-state index in [9.17, 15) is 25.2 Å². The van der Waals surface area contributed by atoms with Gasteiger partial charge in [-0.15, -0.1) is 0 Å². The smallest absolute Gasteiger partial charge is 0.224 e. The minimum atomic E-state index is -0.757. The maximum absolute atomic E-state index is 12.2. The number of nitrogens with one attached hydrogen (secondary N) is 2. The molecule has 0 aliphatic heterocycles. The van der Waals surface area contributed by atoms with Crippen LogP contribution < -0.4 is 10.6 Å². The van der Waals surface area contributed by atoms with Crippen molar-refractivity contribution in [3.63, 3.8) is 0 Å². The van der Waals surface area contributed by atoms with E-state index in [2.05, 4.69) is 10.6 Å². The molecule has 3 aromatic carbocycles. The topological polar surface area (TPSA) is 122 Å². The fourth-order valence-corrected chi connectivity index (χ4v) is 3.69. The monoisotopic (exact) mass is 464 g/mol. The highest BCUT2D eigenvalue weighted by Crippen LogP contribution is 2.22. The maximum Gasteiger partial charge on any atom is 0.224 e. The fraction of sp³-hybridized carbons (Fsp3) is 0.296. The predicted octanol–water partition coefficient (Wildman–Crippen LogP) is 2.70. The van der Waals surface area contributed by atoms with Crippen molar-refractivity contribution < 1.29 is 25.2 Å². The average molecular weight is 465 g/mol. The van der Waals surface area contributed by atoms with Gasteiger partial charge in [0.05, 0.1) is 19.1 Å². The lowest BCUT2D eigenvalue weighted by atomic mass is 10.0. The third-order valence-corrected chi connectivity index (χ3v) is 5.72. The number of hydrogen-bond acceptors (Lipinski definition) is 6. The van der Waals surface area contributed by atoms with Crippen molar-refractivity contribution in [2.75, 3.05) is 6.54 Å². The summed E-state index contributed by atoms with van der Waals surface area (Å²) in [6, 6.07) is 19.6. The molecular weight excluding hydrogens is 432 g/mol. The highest BCUT2D eigenvalue weighted by molar-refractivity contribution is 5.78. The van der Waals surface area contributed by atoms with Gasteiger partial charge < -0.3 is 31.1 Å². The molecule has 0 aliphatic carbocycles. The number of aromatic hydroxyl groups is 2. The minimum absolute atomic E-state index is 0.0104. The van der Waals surface area contributed by atoms with Gasteiger partial charge in [0.1, 0.15) is 11.5 Å². The lowest BCUT2D eigenvalue weighted by Crippen LogP contribution is -2.32. The van der Waals surface area contributed by atoms with E-state index in [-0.39, 0.29) is 43.0 Å². The molecule has 1 unspecified atom stereocenters. The van der Waals surface area contributed by atoms with E-state index in [0.717, 1.165) is 17.5 Å². The molecule has 1 amide bonds. The van der Waals surface area contributed by atoms with Gasteiger partial charge >= 0.3 is 0 Å². The molecule has 0 spiro atoms. The van der Waals surface area contributed by atoms with Crippen LogP contribution in [0.15, 0.2) is 66.7 Å². The Balaban J connectivity index is 1.43. The summed E-state index contributed by atoms with van der Waals surface area (Å²) in [6.07, 6.45) is 0.257. The zero-order chi connectivity index (χ0) is 24.5. The zero-order valence-corrected chi connectivity index (χ0v) is 19.2. The number of rotatable bonds is 11. The second-order valence-electron chi connectivity index (χ2n) is 8.47. The minimum Gasteiger partial charge on any atom is -0.508 e. The summed E-state index contributed by atoms with van der Waals surface area (Å²) in [5.41, 5.74) is 3.71. The van der Waals surface area contributed by atoms with Crippen LogP contribution in [0, 0.1) is 0 Å². The van der Waals surface area contributed by atoms with E-state index in [1.54, 1.807) is 30.3 Å². The van der Waals surface area contributed by atoms with Crippen molar-refractivity contribution in [2.45, 2.75) is 45.1 Å². The van der Waals surface area contributed by atoms with Gasteiger partial charge in [0.2, 0.25) is 5.91 Å². The SMILES string of the molecule is CC(Cc1ccc(CC(=O)NCc2ccccc2O)cc1)NC[C@H](O)c1ccc(O)c(CO)c1. The second-order valence-corrected chi connectivity index (χ2v) is 8.47. The van der Waals surface area contributed by atoms with Crippen molar-refractivity contribution in [3.8, 4) is 11.5 Å². The molecule has 0 radical (unpaired) electrons. The lowest BCUT2D eigenvalue weighted by molar-refractivity contribution is -0.120. The van der Waals surface area contributed by atoms with Gasteiger partial charge in [-0.1, -0.05) is 48.5 Å². The molecule has 0 bridgehead atoms. The number of para-hydroxylation sites is 1. The molecule has 34 heavy (non-hydrogen) atoms. The molecule has 180 valence electrons. The summed E-state index contributed by atoms with van der Waals surface area (Å²) in [5, 5.41) is 45.3. The lowest BCUT2D eigenvalue weighted by Gasteiger charge is -2.18. The Labute approximate surface area is 199 Å². The zero-order valence-electron chi connectivity index (χ0n) is 19.2. The Kier molecular flexibility index (Phi) is 9.04. The summed E-state index contributed by atoms with van der Waals surface area (Å²) >= 11 is 0. The van der Waals surface area contributed by atoms with E-state index in [1.165, 1.54) is 6.07 Å². The number of phenolic OH excluding ortho intramolecular Hbond substituents is 1. The van der Waals surface area contributed by atoms with E-state index in [0.29, 0.717) is 23.2 Å². The van der Waals surface area contributed by atoms with Gasteiger partial charge in [0.15, 0.2) is 0 Å². The predicted molar refractivity (Wildman–Crippen MR) is 130 cm³/mol. The average Bonchev–Trinajstić information content (AvgIpc) is 2.83. The number of carbonyl (C=O) groups excluding carboxylic acids is 1. The Morgan fingerprint density at radius 3 is 2.29 bits per heavy atom. The summed E-state index contributed by atoms with van der Waals surface area (Å²) in [5.74, 6) is 0.0650. The van der Waals surface area contributed by atoms with Gasteiger partial charge in [0.25, 0.3) is 0 Å². The molecule has 0 heterocycles. The Bertz CT molecular complexity index is 1080. The van der Waals surface area contributed by atoms with Gasteiger partial charge in [-0.05, 0) is 48.2 Å². The number of benzene rings is 3. The number of amides is 1. The number of carbonyl (C=O) groups is 1. The molecule has 0 fully saturated rings. The molecule has 3 rings (SSSR count). The molecule has 6 N–H and O–H groups in total. The van der Waals surface area contributed by atoms with Gasteiger partial charge in [-0.3, -0.25) is 4.79 Å². The summed E-state index contributed by atoms with van der Waals surface area (Å²) in [4.78, 5) is 12.2. The molecular formula is C27H32N2O5. The van der Waals surface area contributed by atoms with E-state index in [1.807, 2.05) is 37.3 Å². The van der Waals surface area contributed by atoms with E-state index < -0.39 is 6.10 Å². The van der Waals surface area contributed by atoms with Crippen LogP contribution in [0.2, 0.25) is 0 Å². The third-order valence-electron chi connectivity index (χ3n) is 5.72. The van der Waals surface area contributed by atoms with Gasteiger partial charge in [-0.2, -0.15) is 0 Å². The standard InChI is InChI=1S/C27H32N2O5/c1-18(28-16-26(33)21-10-11-25(32)23(14-21)17-30)12-19-6-8-20(9-7-19)13-27(34)29-15-22-4-2-3-5-24(22)31/h2-11,14,18,26,28,30-33H,12-13,15-17H2,1H3,(H,29,34)/t18?,26-/m0/s1. The first-order valence-electron chi connectivity index (χ1n) is 11.3. The Morgan fingerprint density at radius 2 is 1.59 bits per heavy atom. The molecule has 0 saturated carbocycles. The number of phenols is 2. The van der Waals surface area contributed by atoms with Crippen molar-refractivity contribution in [1.82, 2.24) is 10.6 Å². The van der Waals surface area contributed by atoms with Crippen LogP contribution in [-0.4, -0.2) is 38.9 Å². The van der Waals surface area contributed by atoms with Crippen LogP contribution >= 0.6 is 0 Å². The quantitative estimate of drug-likeness (QED) is 0.259. The van der Waals surface area contributed by atoms with Crippen molar-refractivity contribution >= 4 is 5.91 Å². The molecule has 0 aromatic heterocycles. The highest BCUT2D eigenvalue weighted by atomic mass is 16.3. The number of aliphatic hydroxyl groups is 2. The Morgan fingerprint density at radius 1 is 0.912 bits per heavy atom. The van der Waals surface area contributed by atoms with Crippen LogP contribution in [0.1, 0.15) is 40.8 Å². The first-order valence-corrected chi connectivity index (χ1v) is 11.3. The van der Waals surface area contributed by atoms with Crippen LogP contribution in [0.3, 0.4) is 0 Å². The van der Waals surface area contributed by atoms with Gasteiger partial charge in [0, 0.05) is 30.3 Å². The highest BCUT2D eigenvalue weighted by Gasteiger charge is 2.12. The van der Waals surface area contributed by atoms with Crippen molar-refractivity contribution in [1.29, 1.82) is 0 Å². The molecule has 0 aliphatic rings. The third kappa shape index (κ3) is 7.31. The summed E-state index contributed by atoms with van der Waals surface area (Å²) in [6.45, 7) is 2.36. The maximum atomic E-state index is 12.2. The fourth-order valence-electron chi connectivity index (χ4n) is 3.69. The molecule has 2 atom stereocenters.